The summed E-state index contributed by atoms with van der Waals surface area (Å²) in [5.74, 6) is 0.409. The minimum atomic E-state index is 0.155. The number of piperidine rings is 1. The molecule has 1 atom stereocenters. The van der Waals surface area contributed by atoms with Gasteiger partial charge in [0.1, 0.15) is 0 Å². The third-order valence-electron chi connectivity index (χ3n) is 3.25. The predicted molar refractivity (Wildman–Crippen MR) is 68.9 cm³/mol. The van der Waals surface area contributed by atoms with Crippen molar-refractivity contribution in [3.8, 4) is 0 Å². The second-order valence-electron chi connectivity index (χ2n) is 4.60. The van der Waals surface area contributed by atoms with E-state index in [4.69, 9.17) is 0 Å². The number of nitrogens with one attached hydrogen (secondary N) is 1. The van der Waals surface area contributed by atoms with Crippen LogP contribution < -0.4 is 5.32 Å². The number of nitrogens with zero attached hydrogens (tertiary/aromatic N) is 2. The van der Waals surface area contributed by atoms with E-state index in [0.29, 0.717) is 6.54 Å². The van der Waals surface area contributed by atoms with Gasteiger partial charge in [0.05, 0.1) is 23.7 Å². The van der Waals surface area contributed by atoms with E-state index in [1.54, 1.807) is 11.3 Å². The third-order valence-corrected chi connectivity index (χ3v) is 4.17. The van der Waals surface area contributed by atoms with E-state index in [0.717, 1.165) is 31.6 Å². The molecule has 0 bridgehead atoms. The number of aryl methyl sites for hydroxylation is 1. The third kappa shape index (κ3) is 3.04. The van der Waals surface area contributed by atoms with Gasteiger partial charge in [0.2, 0.25) is 5.91 Å². The lowest BCUT2D eigenvalue weighted by Gasteiger charge is -2.26. The minimum Gasteiger partial charge on any atom is -0.340 e. The largest absolute Gasteiger partial charge is 0.340 e. The fraction of sp³-hybridized carbons (Fsp3) is 0.667. The smallest absolute Gasteiger partial charge is 0.227 e. The van der Waals surface area contributed by atoms with E-state index in [1.165, 1.54) is 4.88 Å². The number of rotatable bonds is 3. The van der Waals surface area contributed by atoms with Gasteiger partial charge in [0.25, 0.3) is 0 Å². The van der Waals surface area contributed by atoms with E-state index >= 15 is 0 Å². The van der Waals surface area contributed by atoms with Crippen molar-refractivity contribution in [3.63, 3.8) is 0 Å². The van der Waals surface area contributed by atoms with Crippen molar-refractivity contribution in [2.24, 2.45) is 5.92 Å². The van der Waals surface area contributed by atoms with Gasteiger partial charge in [-0.3, -0.25) is 4.79 Å². The van der Waals surface area contributed by atoms with Gasteiger partial charge in [-0.15, -0.1) is 11.3 Å². The molecule has 0 radical (unpaired) electrons. The molecule has 94 valence electrons. The second kappa shape index (κ2) is 5.60. The predicted octanol–water partition coefficient (Wildman–Crippen LogP) is 1.41. The maximum absolute atomic E-state index is 12.2. The van der Waals surface area contributed by atoms with Crippen LogP contribution in [-0.2, 0) is 11.3 Å². The van der Waals surface area contributed by atoms with Gasteiger partial charge in [0, 0.05) is 18.5 Å². The van der Waals surface area contributed by atoms with Crippen molar-refractivity contribution in [1.82, 2.24) is 15.2 Å². The molecule has 0 aromatic carbocycles. The van der Waals surface area contributed by atoms with Gasteiger partial charge >= 0.3 is 0 Å². The number of thiazole rings is 1. The lowest BCUT2D eigenvalue weighted by Crippen LogP contribution is -2.41. The summed E-state index contributed by atoms with van der Waals surface area (Å²) in [5, 5.41) is 3.28. The number of hydrogen-bond donors (Lipinski definition) is 1. The van der Waals surface area contributed by atoms with Gasteiger partial charge in [-0.05, 0) is 26.3 Å². The van der Waals surface area contributed by atoms with Crippen LogP contribution in [0.4, 0.5) is 0 Å². The Morgan fingerprint density at radius 2 is 2.53 bits per heavy atom. The summed E-state index contributed by atoms with van der Waals surface area (Å²) < 4.78 is 0. The molecule has 2 heterocycles. The Labute approximate surface area is 106 Å². The maximum Gasteiger partial charge on any atom is 0.227 e. The lowest BCUT2D eigenvalue weighted by atomic mass is 9.98. The van der Waals surface area contributed by atoms with Crippen molar-refractivity contribution in [1.29, 1.82) is 0 Å². The van der Waals surface area contributed by atoms with Crippen LogP contribution in [0.3, 0.4) is 0 Å². The maximum atomic E-state index is 12.2. The first kappa shape index (κ1) is 12.5. The Balaban J connectivity index is 1.93. The molecule has 1 amide bonds. The van der Waals surface area contributed by atoms with E-state index in [2.05, 4.69) is 10.3 Å². The normalized spacial score (nSPS) is 20.2. The van der Waals surface area contributed by atoms with Crippen LogP contribution in [-0.4, -0.2) is 35.9 Å². The number of carbonyl (C=O) groups is 1. The molecule has 1 aromatic heterocycles. The Kier molecular flexibility index (Phi) is 4.12. The molecule has 1 aliphatic rings. The van der Waals surface area contributed by atoms with Crippen molar-refractivity contribution < 1.29 is 4.79 Å². The molecular formula is C12H19N3OS. The van der Waals surface area contributed by atoms with Crippen molar-refractivity contribution >= 4 is 17.2 Å². The SMILES string of the molecule is Cc1ncsc1CN(C)C(=O)[C@@H]1CCCNC1. The first-order chi connectivity index (χ1) is 8.18. The highest BCUT2D eigenvalue weighted by atomic mass is 32.1. The van der Waals surface area contributed by atoms with E-state index < -0.39 is 0 Å². The molecular weight excluding hydrogens is 234 g/mol. The van der Waals surface area contributed by atoms with Crippen LogP contribution in [0.15, 0.2) is 5.51 Å². The van der Waals surface area contributed by atoms with Crippen LogP contribution in [0, 0.1) is 12.8 Å². The molecule has 0 saturated carbocycles. The van der Waals surface area contributed by atoms with Crippen LogP contribution in [0.5, 0.6) is 0 Å². The standard InChI is InChI=1S/C12H19N3OS/c1-9-11(17-8-14-9)7-15(2)12(16)10-4-3-5-13-6-10/h8,10,13H,3-7H2,1-2H3/t10-/m1/s1. The number of aromatic nitrogens is 1. The van der Waals surface area contributed by atoms with E-state index in [9.17, 15) is 4.79 Å². The molecule has 17 heavy (non-hydrogen) atoms. The Morgan fingerprint density at radius 3 is 3.12 bits per heavy atom. The quantitative estimate of drug-likeness (QED) is 0.886. The number of carbonyl (C=O) groups excluding carboxylic acids is 1. The zero-order valence-corrected chi connectivity index (χ0v) is 11.2. The zero-order valence-electron chi connectivity index (χ0n) is 10.4. The summed E-state index contributed by atoms with van der Waals surface area (Å²) >= 11 is 1.62. The highest BCUT2D eigenvalue weighted by Crippen LogP contribution is 2.18. The summed E-state index contributed by atoms with van der Waals surface area (Å²) in [6.45, 7) is 4.55. The van der Waals surface area contributed by atoms with Crippen molar-refractivity contribution in [2.75, 3.05) is 20.1 Å². The first-order valence-corrected chi connectivity index (χ1v) is 6.91. The molecule has 1 saturated heterocycles. The monoisotopic (exact) mass is 253 g/mol. The van der Waals surface area contributed by atoms with Gasteiger partial charge in [-0.2, -0.15) is 0 Å². The Morgan fingerprint density at radius 1 is 1.71 bits per heavy atom. The fourth-order valence-corrected chi connectivity index (χ4v) is 2.98. The molecule has 1 aliphatic heterocycles. The molecule has 1 aromatic rings. The Bertz CT molecular complexity index is 385. The first-order valence-electron chi connectivity index (χ1n) is 6.03. The molecule has 4 nitrogen and oxygen atoms in total. The summed E-state index contributed by atoms with van der Waals surface area (Å²) in [6.07, 6.45) is 2.11. The van der Waals surface area contributed by atoms with Crippen molar-refractivity contribution in [2.45, 2.75) is 26.3 Å². The van der Waals surface area contributed by atoms with Crippen LogP contribution >= 0.6 is 11.3 Å². The average Bonchev–Trinajstić information content (AvgIpc) is 2.75. The summed E-state index contributed by atoms with van der Waals surface area (Å²) in [5.41, 5.74) is 2.88. The van der Waals surface area contributed by atoms with Gasteiger partial charge in [0.15, 0.2) is 0 Å². The highest BCUT2D eigenvalue weighted by Gasteiger charge is 2.24. The molecule has 2 rings (SSSR count). The molecule has 0 unspecified atom stereocenters. The van der Waals surface area contributed by atoms with E-state index in [1.807, 2.05) is 24.4 Å². The minimum absolute atomic E-state index is 0.155. The summed E-state index contributed by atoms with van der Waals surface area (Å²) in [7, 11) is 1.89. The van der Waals surface area contributed by atoms with Crippen LogP contribution in [0.1, 0.15) is 23.4 Å². The van der Waals surface area contributed by atoms with Crippen LogP contribution in [0.25, 0.3) is 0 Å². The fourth-order valence-electron chi connectivity index (χ4n) is 2.15. The van der Waals surface area contributed by atoms with E-state index in [-0.39, 0.29) is 11.8 Å². The zero-order chi connectivity index (χ0) is 12.3. The highest BCUT2D eigenvalue weighted by molar-refractivity contribution is 7.09. The molecule has 1 fully saturated rings. The van der Waals surface area contributed by atoms with Gasteiger partial charge < -0.3 is 10.2 Å². The van der Waals surface area contributed by atoms with Crippen molar-refractivity contribution in [3.05, 3.63) is 16.1 Å². The van der Waals surface area contributed by atoms with Gasteiger partial charge in [-0.25, -0.2) is 4.98 Å². The lowest BCUT2D eigenvalue weighted by molar-refractivity contribution is -0.135. The Hall–Kier alpha value is -0.940. The molecule has 5 heteroatoms. The summed E-state index contributed by atoms with van der Waals surface area (Å²) in [6, 6.07) is 0. The number of hydrogen-bond acceptors (Lipinski definition) is 4. The van der Waals surface area contributed by atoms with Crippen LogP contribution in [0.2, 0.25) is 0 Å². The molecule has 1 N–H and O–H groups in total. The second-order valence-corrected chi connectivity index (χ2v) is 5.54. The average molecular weight is 253 g/mol. The summed E-state index contributed by atoms with van der Waals surface area (Å²) in [4.78, 5) is 19.4. The molecule has 0 aliphatic carbocycles. The number of amides is 1. The van der Waals surface area contributed by atoms with Gasteiger partial charge in [-0.1, -0.05) is 0 Å². The topological polar surface area (TPSA) is 45.2 Å². The molecule has 0 spiro atoms.